The van der Waals surface area contributed by atoms with E-state index in [9.17, 15) is 14.0 Å². The summed E-state index contributed by atoms with van der Waals surface area (Å²) in [4.78, 5) is 22.8. The van der Waals surface area contributed by atoms with Crippen LogP contribution in [0.3, 0.4) is 0 Å². The first kappa shape index (κ1) is 15.4. The van der Waals surface area contributed by atoms with Crippen molar-refractivity contribution in [2.45, 2.75) is 6.92 Å². The molecule has 0 saturated heterocycles. The molecule has 0 fully saturated rings. The summed E-state index contributed by atoms with van der Waals surface area (Å²) in [7, 11) is 0. The van der Waals surface area contributed by atoms with Crippen molar-refractivity contribution in [3.05, 3.63) is 66.0 Å². The Kier molecular flexibility index (Phi) is 5.03. The summed E-state index contributed by atoms with van der Waals surface area (Å²) in [5.74, 6) is -0.819. The van der Waals surface area contributed by atoms with E-state index in [2.05, 4.69) is 10.6 Å². The molecule has 0 saturated carbocycles. The van der Waals surface area contributed by atoms with Crippen molar-refractivity contribution >= 4 is 29.3 Å². The lowest BCUT2D eigenvalue weighted by atomic mass is 10.2. The molecule has 0 radical (unpaired) electrons. The second-order valence-electron chi connectivity index (χ2n) is 4.64. The minimum Gasteiger partial charge on any atom is -0.326 e. The molecule has 0 heterocycles. The third-order valence-electron chi connectivity index (χ3n) is 2.75. The van der Waals surface area contributed by atoms with E-state index in [4.69, 9.17) is 0 Å². The third kappa shape index (κ3) is 4.86. The normalized spacial score (nSPS) is 10.5. The Bertz CT molecular complexity index is 709. The van der Waals surface area contributed by atoms with Crippen molar-refractivity contribution in [1.29, 1.82) is 0 Å². The van der Waals surface area contributed by atoms with Crippen LogP contribution in [0.2, 0.25) is 0 Å². The van der Waals surface area contributed by atoms with E-state index in [0.717, 1.165) is 5.56 Å². The highest BCUT2D eigenvalue weighted by molar-refractivity contribution is 6.02. The summed E-state index contributed by atoms with van der Waals surface area (Å²) in [5, 5.41) is 5.32. The molecule has 2 aromatic rings. The van der Waals surface area contributed by atoms with Gasteiger partial charge < -0.3 is 10.6 Å². The highest BCUT2D eigenvalue weighted by Crippen LogP contribution is 2.15. The van der Waals surface area contributed by atoms with Crippen molar-refractivity contribution in [1.82, 2.24) is 0 Å². The maximum absolute atomic E-state index is 12.8. The van der Waals surface area contributed by atoms with Crippen LogP contribution in [0.15, 0.2) is 54.6 Å². The minimum atomic E-state index is -0.323. The molecule has 2 aromatic carbocycles. The van der Waals surface area contributed by atoms with Gasteiger partial charge in [-0.15, -0.1) is 0 Å². The van der Waals surface area contributed by atoms with Crippen LogP contribution in [-0.2, 0) is 9.59 Å². The highest BCUT2D eigenvalue weighted by Gasteiger charge is 2.00. The van der Waals surface area contributed by atoms with E-state index < -0.39 is 0 Å². The van der Waals surface area contributed by atoms with E-state index in [-0.39, 0.29) is 17.6 Å². The first-order chi connectivity index (χ1) is 10.5. The van der Waals surface area contributed by atoms with Crippen molar-refractivity contribution in [2.75, 3.05) is 10.6 Å². The van der Waals surface area contributed by atoms with Crippen LogP contribution in [0.1, 0.15) is 12.5 Å². The van der Waals surface area contributed by atoms with E-state index >= 15 is 0 Å². The van der Waals surface area contributed by atoms with Crippen molar-refractivity contribution in [2.24, 2.45) is 0 Å². The van der Waals surface area contributed by atoms with Gasteiger partial charge in [0.05, 0.1) is 0 Å². The van der Waals surface area contributed by atoms with Crippen LogP contribution in [0, 0.1) is 5.82 Å². The Morgan fingerprint density at radius 3 is 2.27 bits per heavy atom. The Balaban J connectivity index is 1.99. The van der Waals surface area contributed by atoms with Gasteiger partial charge in [-0.25, -0.2) is 4.39 Å². The zero-order chi connectivity index (χ0) is 15.9. The Morgan fingerprint density at radius 2 is 1.64 bits per heavy atom. The van der Waals surface area contributed by atoms with Crippen LogP contribution >= 0.6 is 0 Å². The topological polar surface area (TPSA) is 58.2 Å². The lowest BCUT2D eigenvalue weighted by Gasteiger charge is -2.06. The summed E-state index contributed by atoms with van der Waals surface area (Å²) in [6, 6.07) is 12.6. The summed E-state index contributed by atoms with van der Waals surface area (Å²) < 4.78 is 12.8. The van der Waals surface area contributed by atoms with E-state index in [0.29, 0.717) is 11.4 Å². The zero-order valence-corrected chi connectivity index (χ0v) is 12.0. The highest BCUT2D eigenvalue weighted by atomic mass is 19.1. The van der Waals surface area contributed by atoms with Crippen molar-refractivity contribution in [3.63, 3.8) is 0 Å². The number of amides is 2. The number of hydrogen-bond donors (Lipinski definition) is 2. The van der Waals surface area contributed by atoms with Gasteiger partial charge in [0, 0.05) is 24.4 Å². The molecule has 2 rings (SSSR count). The van der Waals surface area contributed by atoms with Gasteiger partial charge in [-0.05, 0) is 42.0 Å². The molecule has 2 N–H and O–H groups in total. The van der Waals surface area contributed by atoms with Crippen LogP contribution in [0.25, 0.3) is 6.08 Å². The molecule has 0 bridgehead atoms. The molecule has 112 valence electrons. The first-order valence-corrected chi connectivity index (χ1v) is 6.65. The van der Waals surface area contributed by atoms with Gasteiger partial charge in [-0.1, -0.05) is 18.2 Å². The third-order valence-corrected chi connectivity index (χ3v) is 2.75. The summed E-state index contributed by atoms with van der Waals surface area (Å²) in [6.07, 6.45) is 2.95. The number of anilines is 2. The van der Waals surface area contributed by atoms with E-state index in [1.165, 1.54) is 25.1 Å². The number of carbonyl (C=O) groups is 2. The molecule has 4 nitrogen and oxygen atoms in total. The molecule has 5 heteroatoms. The average Bonchev–Trinajstić information content (AvgIpc) is 2.46. The minimum absolute atomic E-state index is 0.181. The van der Waals surface area contributed by atoms with Crippen LogP contribution in [0.5, 0.6) is 0 Å². The number of nitrogens with one attached hydrogen (secondary N) is 2. The maximum Gasteiger partial charge on any atom is 0.248 e. The molecular formula is C17H15FN2O2. The van der Waals surface area contributed by atoms with Crippen LogP contribution < -0.4 is 10.6 Å². The van der Waals surface area contributed by atoms with Crippen LogP contribution in [-0.4, -0.2) is 11.8 Å². The van der Waals surface area contributed by atoms with Gasteiger partial charge >= 0.3 is 0 Å². The second kappa shape index (κ2) is 7.17. The average molecular weight is 298 g/mol. The van der Waals surface area contributed by atoms with E-state index in [1.807, 2.05) is 0 Å². The molecule has 0 aliphatic heterocycles. The quantitative estimate of drug-likeness (QED) is 0.850. The SMILES string of the molecule is CC(=O)Nc1cccc(NC(=O)/C=C/c2ccc(F)cc2)c1. The molecule has 0 aliphatic carbocycles. The lowest BCUT2D eigenvalue weighted by molar-refractivity contribution is -0.114. The maximum atomic E-state index is 12.8. The Hall–Kier alpha value is -2.95. The van der Waals surface area contributed by atoms with Gasteiger partial charge in [0.25, 0.3) is 0 Å². The number of halogens is 1. The van der Waals surface area contributed by atoms with Gasteiger partial charge in [0.1, 0.15) is 5.82 Å². The fourth-order valence-electron chi connectivity index (χ4n) is 1.81. The fourth-order valence-corrected chi connectivity index (χ4v) is 1.81. The molecule has 22 heavy (non-hydrogen) atoms. The summed E-state index contributed by atoms with van der Waals surface area (Å²) >= 11 is 0. The summed E-state index contributed by atoms with van der Waals surface area (Å²) in [6.45, 7) is 1.41. The van der Waals surface area contributed by atoms with Crippen molar-refractivity contribution < 1.29 is 14.0 Å². The molecule has 0 unspecified atom stereocenters. The zero-order valence-electron chi connectivity index (χ0n) is 12.0. The predicted octanol–water partition coefficient (Wildman–Crippen LogP) is 3.44. The molecule has 0 aromatic heterocycles. The van der Waals surface area contributed by atoms with Crippen LogP contribution in [0.4, 0.5) is 15.8 Å². The standard InChI is InChI=1S/C17H15FN2O2/c1-12(21)19-15-3-2-4-16(11-15)20-17(22)10-7-13-5-8-14(18)9-6-13/h2-11H,1H3,(H,19,21)(H,20,22)/b10-7+. The lowest BCUT2D eigenvalue weighted by Crippen LogP contribution is -2.09. The number of rotatable bonds is 4. The molecule has 2 amide bonds. The molecular weight excluding hydrogens is 283 g/mol. The van der Waals surface area contributed by atoms with Gasteiger partial charge in [0.2, 0.25) is 11.8 Å². The monoisotopic (exact) mass is 298 g/mol. The van der Waals surface area contributed by atoms with Crippen molar-refractivity contribution in [3.8, 4) is 0 Å². The molecule has 0 atom stereocenters. The fraction of sp³-hybridized carbons (Fsp3) is 0.0588. The predicted molar refractivity (Wildman–Crippen MR) is 84.8 cm³/mol. The Labute approximate surface area is 127 Å². The van der Waals surface area contributed by atoms with Gasteiger partial charge in [-0.2, -0.15) is 0 Å². The number of benzene rings is 2. The second-order valence-corrected chi connectivity index (χ2v) is 4.64. The molecule has 0 spiro atoms. The smallest absolute Gasteiger partial charge is 0.248 e. The summed E-state index contributed by atoms with van der Waals surface area (Å²) in [5.41, 5.74) is 1.90. The number of carbonyl (C=O) groups excluding carboxylic acids is 2. The van der Waals surface area contributed by atoms with Gasteiger partial charge in [-0.3, -0.25) is 9.59 Å². The van der Waals surface area contributed by atoms with E-state index in [1.54, 1.807) is 42.5 Å². The largest absolute Gasteiger partial charge is 0.326 e. The van der Waals surface area contributed by atoms with Gasteiger partial charge in [0.15, 0.2) is 0 Å². The first-order valence-electron chi connectivity index (χ1n) is 6.65. The molecule has 0 aliphatic rings. The number of hydrogen-bond acceptors (Lipinski definition) is 2. The Morgan fingerprint density at radius 1 is 1.00 bits per heavy atom.